The fourth-order valence-corrected chi connectivity index (χ4v) is 3.64. The second-order valence-corrected chi connectivity index (χ2v) is 7.36. The molecule has 0 bridgehead atoms. The first kappa shape index (κ1) is 19.3. The van der Waals surface area contributed by atoms with Crippen LogP contribution in [-0.4, -0.2) is 34.1 Å². The van der Waals surface area contributed by atoms with Gasteiger partial charge in [0.25, 0.3) is 5.91 Å². The third-order valence-electron chi connectivity index (χ3n) is 5.13. The molecule has 1 aliphatic rings. The summed E-state index contributed by atoms with van der Waals surface area (Å²) in [6, 6.07) is 17.6. The summed E-state index contributed by atoms with van der Waals surface area (Å²) in [6.07, 6.45) is 2.35. The maximum absolute atomic E-state index is 13.0. The Hall–Kier alpha value is -2.99. The summed E-state index contributed by atoms with van der Waals surface area (Å²) in [6.45, 7) is 3.77. The minimum atomic E-state index is -0.158. The molecular formula is C23H25N3O3. The minimum absolute atomic E-state index is 0.0159. The molecule has 0 saturated carbocycles. The number of likely N-dealkylation sites (tertiary alicyclic amines) is 1. The normalized spacial score (nSPS) is 16.3. The number of rotatable bonds is 7. The van der Waals surface area contributed by atoms with Crippen molar-refractivity contribution in [2.75, 3.05) is 13.2 Å². The van der Waals surface area contributed by atoms with E-state index >= 15 is 0 Å². The summed E-state index contributed by atoms with van der Waals surface area (Å²) in [4.78, 5) is 19.3. The van der Waals surface area contributed by atoms with Crippen LogP contribution in [0.5, 0.6) is 0 Å². The zero-order valence-corrected chi connectivity index (χ0v) is 16.6. The van der Waals surface area contributed by atoms with Gasteiger partial charge in [-0.05, 0) is 37.5 Å². The van der Waals surface area contributed by atoms with Crippen LogP contribution in [0.4, 0.5) is 0 Å². The van der Waals surface area contributed by atoms with Crippen molar-refractivity contribution in [3.05, 3.63) is 83.0 Å². The minimum Gasteiger partial charge on any atom is -0.376 e. The topological polar surface area (TPSA) is 68.5 Å². The van der Waals surface area contributed by atoms with Gasteiger partial charge >= 0.3 is 0 Å². The maximum atomic E-state index is 13.0. The van der Waals surface area contributed by atoms with Crippen molar-refractivity contribution >= 4 is 5.91 Å². The van der Waals surface area contributed by atoms with Crippen LogP contribution in [0, 0.1) is 6.92 Å². The zero-order valence-electron chi connectivity index (χ0n) is 16.6. The highest BCUT2D eigenvalue weighted by Crippen LogP contribution is 2.32. The Morgan fingerprint density at radius 1 is 1.21 bits per heavy atom. The summed E-state index contributed by atoms with van der Waals surface area (Å²) in [5.74, 6) is 1.15. The highest BCUT2D eigenvalue weighted by Gasteiger charge is 2.34. The average molecular weight is 391 g/mol. The molecule has 1 aromatic heterocycles. The summed E-state index contributed by atoms with van der Waals surface area (Å²) in [5.41, 5.74) is 2.91. The van der Waals surface area contributed by atoms with Gasteiger partial charge in [0, 0.05) is 18.5 Å². The molecule has 2 heterocycles. The van der Waals surface area contributed by atoms with Crippen molar-refractivity contribution in [2.45, 2.75) is 38.8 Å². The summed E-state index contributed by atoms with van der Waals surface area (Å²) in [5, 5.41) is 4.08. The van der Waals surface area contributed by atoms with E-state index in [1.54, 1.807) is 0 Å². The summed E-state index contributed by atoms with van der Waals surface area (Å²) < 4.78 is 11.2. The van der Waals surface area contributed by atoms with Gasteiger partial charge in [-0.3, -0.25) is 4.79 Å². The number of carbonyl (C=O) groups is 1. The Bertz CT molecular complexity index is 955. The van der Waals surface area contributed by atoms with E-state index in [-0.39, 0.29) is 11.9 Å². The van der Waals surface area contributed by atoms with Crippen molar-refractivity contribution in [1.82, 2.24) is 15.0 Å². The van der Waals surface area contributed by atoms with Crippen molar-refractivity contribution in [1.29, 1.82) is 0 Å². The van der Waals surface area contributed by atoms with Crippen molar-refractivity contribution in [2.24, 2.45) is 0 Å². The third-order valence-corrected chi connectivity index (χ3v) is 5.13. The zero-order chi connectivity index (χ0) is 20.1. The smallest absolute Gasteiger partial charge is 0.254 e. The number of ether oxygens (including phenoxy) is 1. The van der Waals surface area contributed by atoms with Crippen LogP contribution in [0.15, 0.2) is 59.1 Å². The van der Waals surface area contributed by atoms with Crippen molar-refractivity contribution < 1.29 is 14.1 Å². The number of aryl methyl sites for hydroxylation is 1. The number of amides is 1. The standard InChI is InChI=1S/C23H25N3O3/c1-17-7-5-10-19(15-17)23(27)26-13-6-11-20(26)22-24-21(25-29-22)12-14-28-16-18-8-3-2-4-9-18/h2-5,7-10,15,20H,6,11-14,16H2,1H3. The molecule has 1 saturated heterocycles. The Balaban J connectivity index is 1.35. The molecule has 1 amide bonds. The van der Waals surface area contributed by atoms with Gasteiger partial charge in [0.2, 0.25) is 5.89 Å². The predicted octanol–water partition coefficient (Wildman–Crippen LogP) is 4.11. The molecule has 29 heavy (non-hydrogen) atoms. The lowest BCUT2D eigenvalue weighted by molar-refractivity contribution is 0.0710. The van der Waals surface area contributed by atoms with Crippen LogP contribution < -0.4 is 0 Å². The Morgan fingerprint density at radius 2 is 2.07 bits per heavy atom. The number of nitrogens with zero attached hydrogens (tertiary/aromatic N) is 3. The Morgan fingerprint density at radius 3 is 2.90 bits per heavy atom. The molecule has 150 valence electrons. The molecule has 3 aromatic rings. The molecule has 2 aromatic carbocycles. The molecule has 0 N–H and O–H groups in total. The molecule has 0 aliphatic carbocycles. The lowest BCUT2D eigenvalue weighted by Gasteiger charge is -2.22. The second-order valence-electron chi connectivity index (χ2n) is 7.36. The molecule has 4 rings (SSSR count). The molecule has 6 nitrogen and oxygen atoms in total. The highest BCUT2D eigenvalue weighted by molar-refractivity contribution is 5.94. The molecule has 6 heteroatoms. The van der Waals surface area contributed by atoms with E-state index in [9.17, 15) is 4.79 Å². The van der Waals surface area contributed by atoms with Crippen LogP contribution >= 0.6 is 0 Å². The van der Waals surface area contributed by atoms with Gasteiger partial charge in [0.05, 0.1) is 13.2 Å². The number of carbonyl (C=O) groups excluding carboxylic acids is 1. The SMILES string of the molecule is Cc1cccc(C(=O)N2CCCC2c2nc(CCOCc3ccccc3)no2)c1. The molecule has 0 radical (unpaired) electrons. The van der Waals surface area contributed by atoms with E-state index < -0.39 is 0 Å². The second kappa shape index (κ2) is 9.01. The first-order valence-electron chi connectivity index (χ1n) is 10.0. The van der Waals surface area contributed by atoms with E-state index in [1.807, 2.05) is 66.4 Å². The van der Waals surface area contributed by atoms with E-state index in [0.717, 1.165) is 24.0 Å². The third kappa shape index (κ3) is 4.71. The van der Waals surface area contributed by atoms with Gasteiger partial charge < -0.3 is 14.2 Å². The predicted molar refractivity (Wildman–Crippen MR) is 108 cm³/mol. The van der Waals surface area contributed by atoms with E-state index in [0.29, 0.717) is 43.5 Å². The van der Waals surface area contributed by atoms with E-state index in [4.69, 9.17) is 9.26 Å². The summed E-state index contributed by atoms with van der Waals surface area (Å²) >= 11 is 0. The Labute approximate surface area is 170 Å². The van der Waals surface area contributed by atoms with Crippen molar-refractivity contribution in [3.8, 4) is 0 Å². The molecule has 1 atom stereocenters. The number of hydrogen-bond donors (Lipinski definition) is 0. The maximum Gasteiger partial charge on any atom is 0.254 e. The number of hydrogen-bond acceptors (Lipinski definition) is 5. The average Bonchev–Trinajstić information content (AvgIpc) is 3.41. The molecular weight excluding hydrogens is 366 g/mol. The van der Waals surface area contributed by atoms with E-state index in [1.165, 1.54) is 0 Å². The lowest BCUT2D eigenvalue weighted by Crippen LogP contribution is -2.30. The van der Waals surface area contributed by atoms with E-state index in [2.05, 4.69) is 10.1 Å². The highest BCUT2D eigenvalue weighted by atomic mass is 16.5. The van der Waals surface area contributed by atoms with Gasteiger partial charge in [0.1, 0.15) is 6.04 Å². The molecule has 1 unspecified atom stereocenters. The largest absolute Gasteiger partial charge is 0.376 e. The van der Waals surface area contributed by atoms with Crippen molar-refractivity contribution in [3.63, 3.8) is 0 Å². The van der Waals surface area contributed by atoms with Gasteiger partial charge in [-0.1, -0.05) is 53.2 Å². The van der Waals surface area contributed by atoms with Gasteiger partial charge in [0.15, 0.2) is 5.82 Å². The van der Waals surface area contributed by atoms with Crippen LogP contribution in [0.25, 0.3) is 0 Å². The van der Waals surface area contributed by atoms with Crippen LogP contribution in [0.2, 0.25) is 0 Å². The quantitative estimate of drug-likeness (QED) is 0.567. The fraction of sp³-hybridized carbons (Fsp3) is 0.348. The molecule has 1 fully saturated rings. The lowest BCUT2D eigenvalue weighted by atomic mass is 10.1. The monoisotopic (exact) mass is 391 g/mol. The molecule has 1 aliphatic heterocycles. The molecule has 0 spiro atoms. The van der Waals surface area contributed by atoms with Crippen LogP contribution in [0.1, 0.15) is 52.1 Å². The van der Waals surface area contributed by atoms with Crippen LogP contribution in [-0.2, 0) is 17.8 Å². The van der Waals surface area contributed by atoms with Gasteiger partial charge in [-0.2, -0.15) is 4.98 Å². The fourth-order valence-electron chi connectivity index (χ4n) is 3.64. The number of aromatic nitrogens is 2. The Kier molecular flexibility index (Phi) is 6.00. The van der Waals surface area contributed by atoms with Gasteiger partial charge in [-0.25, -0.2) is 0 Å². The summed E-state index contributed by atoms with van der Waals surface area (Å²) in [7, 11) is 0. The van der Waals surface area contributed by atoms with Crippen LogP contribution in [0.3, 0.4) is 0 Å². The first-order chi connectivity index (χ1) is 14.2. The first-order valence-corrected chi connectivity index (χ1v) is 10.0. The van der Waals surface area contributed by atoms with Gasteiger partial charge in [-0.15, -0.1) is 0 Å². The number of benzene rings is 2.